The van der Waals surface area contributed by atoms with E-state index in [0.29, 0.717) is 67.9 Å². The highest BCUT2D eigenvalue weighted by atomic mass is 16.7. The predicted molar refractivity (Wildman–Crippen MR) is 105 cm³/mol. The summed E-state index contributed by atoms with van der Waals surface area (Å²) in [5, 5.41) is 13.1. The fraction of sp³-hybridized carbons (Fsp3) is 0.474. The van der Waals surface area contributed by atoms with Crippen molar-refractivity contribution in [2.24, 2.45) is 0 Å². The third-order valence-corrected chi connectivity index (χ3v) is 5.38. The molecule has 2 aliphatic heterocycles. The van der Waals surface area contributed by atoms with Gasteiger partial charge in [0.1, 0.15) is 6.04 Å². The molecule has 0 spiro atoms. The van der Waals surface area contributed by atoms with Crippen molar-refractivity contribution in [2.75, 3.05) is 46.8 Å². The van der Waals surface area contributed by atoms with E-state index in [0.717, 1.165) is 5.39 Å². The SMILES string of the molecule is COCCn1nnnc1[C@@H](c1cc2cc3c(cc2[nH]c1=O)OCO3)N1CCOCC1. The van der Waals surface area contributed by atoms with Crippen LogP contribution in [0.2, 0.25) is 0 Å². The first-order valence-corrected chi connectivity index (χ1v) is 9.78. The fourth-order valence-corrected chi connectivity index (χ4v) is 3.90. The zero-order valence-electron chi connectivity index (χ0n) is 16.5. The Bertz CT molecular complexity index is 1110. The minimum atomic E-state index is -0.417. The number of pyridine rings is 1. The lowest BCUT2D eigenvalue weighted by molar-refractivity contribution is 0.0211. The smallest absolute Gasteiger partial charge is 0.253 e. The first-order valence-electron chi connectivity index (χ1n) is 9.78. The average Bonchev–Trinajstić information content (AvgIpc) is 3.41. The number of nitrogens with one attached hydrogen (secondary N) is 1. The van der Waals surface area contributed by atoms with Gasteiger partial charge in [-0.15, -0.1) is 5.10 Å². The second kappa shape index (κ2) is 8.01. The molecular weight excluding hydrogens is 392 g/mol. The van der Waals surface area contributed by atoms with Crippen molar-refractivity contribution in [1.82, 2.24) is 30.1 Å². The summed E-state index contributed by atoms with van der Waals surface area (Å²) in [6, 6.07) is 5.13. The highest BCUT2D eigenvalue weighted by molar-refractivity contribution is 5.83. The maximum atomic E-state index is 13.1. The summed E-state index contributed by atoms with van der Waals surface area (Å²) in [7, 11) is 1.63. The lowest BCUT2D eigenvalue weighted by Crippen LogP contribution is -2.42. The topological polar surface area (TPSA) is 117 Å². The molecule has 2 aromatic heterocycles. The highest BCUT2D eigenvalue weighted by Crippen LogP contribution is 2.36. The molecule has 158 valence electrons. The second-order valence-corrected chi connectivity index (χ2v) is 7.15. The third kappa shape index (κ3) is 3.40. The number of fused-ring (bicyclic) bond motifs is 2. The van der Waals surface area contributed by atoms with Gasteiger partial charge in [-0.1, -0.05) is 0 Å². The molecule has 1 aromatic carbocycles. The van der Waals surface area contributed by atoms with E-state index in [4.69, 9.17) is 18.9 Å². The van der Waals surface area contributed by atoms with Crippen LogP contribution in [-0.2, 0) is 16.0 Å². The predicted octanol–water partition coefficient (Wildman–Crippen LogP) is 0.311. The van der Waals surface area contributed by atoms with Crippen LogP contribution in [-0.4, -0.2) is 76.9 Å². The van der Waals surface area contributed by atoms with E-state index in [1.807, 2.05) is 12.1 Å². The molecule has 1 N–H and O–H groups in total. The first kappa shape index (κ1) is 19.0. The monoisotopic (exact) mass is 414 g/mol. The van der Waals surface area contributed by atoms with Crippen molar-refractivity contribution < 1.29 is 18.9 Å². The lowest BCUT2D eigenvalue weighted by Gasteiger charge is -2.33. The molecule has 11 heteroatoms. The molecule has 5 rings (SSSR count). The van der Waals surface area contributed by atoms with Crippen molar-refractivity contribution in [2.45, 2.75) is 12.6 Å². The van der Waals surface area contributed by atoms with Crippen LogP contribution < -0.4 is 15.0 Å². The Labute approximate surface area is 171 Å². The van der Waals surface area contributed by atoms with E-state index in [-0.39, 0.29) is 12.4 Å². The average molecular weight is 414 g/mol. The standard InChI is InChI=1S/C19H22N6O5/c1-27-5-4-25-18(21-22-23-25)17(24-2-6-28-7-3-24)13-8-12-9-15-16(30-11-29-15)10-14(12)20-19(13)26/h8-10,17H,2-7,11H2,1H3,(H,20,26)/t17-/m1/s1. The number of hydrogen-bond acceptors (Lipinski definition) is 9. The Hall–Kier alpha value is -3.02. The van der Waals surface area contributed by atoms with Gasteiger partial charge in [-0.05, 0) is 22.6 Å². The van der Waals surface area contributed by atoms with Crippen molar-refractivity contribution in [1.29, 1.82) is 0 Å². The van der Waals surface area contributed by atoms with Crippen LogP contribution in [0.15, 0.2) is 23.0 Å². The van der Waals surface area contributed by atoms with Crippen molar-refractivity contribution in [3.63, 3.8) is 0 Å². The number of H-pyrrole nitrogens is 1. The van der Waals surface area contributed by atoms with Gasteiger partial charge in [0, 0.05) is 37.2 Å². The molecule has 0 aliphatic carbocycles. The quantitative estimate of drug-likeness (QED) is 0.608. The van der Waals surface area contributed by atoms with E-state index < -0.39 is 6.04 Å². The Kier molecular flexibility index (Phi) is 5.07. The van der Waals surface area contributed by atoms with Gasteiger partial charge in [0.25, 0.3) is 5.56 Å². The molecule has 4 heterocycles. The molecule has 30 heavy (non-hydrogen) atoms. The van der Waals surface area contributed by atoms with E-state index in [2.05, 4.69) is 25.4 Å². The maximum absolute atomic E-state index is 13.1. The van der Waals surface area contributed by atoms with Gasteiger partial charge in [0.15, 0.2) is 17.3 Å². The summed E-state index contributed by atoms with van der Waals surface area (Å²) in [5.41, 5.74) is 1.06. The molecule has 0 radical (unpaired) electrons. The number of aromatic amines is 1. The minimum Gasteiger partial charge on any atom is -0.454 e. The molecule has 0 amide bonds. The summed E-state index contributed by atoms with van der Waals surface area (Å²) < 4.78 is 23.3. The Balaban J connectivity index is 1.63. The van der Waals surface area contributed by atoms with E-state index in [1.165, 1.54) is 0 Å². The molecular formula is C19H22N6O5. The summed E-state index contributed by atoms with van der Waals surface area (Å²) in [5.74, 6) is 1.88. The van der Waals surface area contributed by atoms with Crippen LogP contribution in [0.3, 0.4) is 0 Å². The molecule has 3 aromatic rings. The van der Waals surface area contributed by atoms with E-state index in [1.54, 1.807) is 17.9 Å². The second-order valence-electron chi connectivity index (χ2n) is 7.15. The van der Waals surface area contributed by atoms with Crippen molar-refractivity contribution in [3.05, 3.63) is 39.9 Å². The van der Waals surface area contributed by atoms with Crippen molar-refractivity contribution >= 4 is 10.9 Å². The zero-order chi connectivity index (χ0) is 20.5. The molecule has 11 nitrogen and oxygen atoms in total. The van der Waals surface area contributed by atoms with Crippen LogP contribution in [0.4, 0.5) is 0 Å². The molecule has 1 fully saturated rings. The molecule has 2 aliphatic rings. The van der Waals surface area contributed by atoms with Gasteiger partial charge in [-0.3, -0.25) is 9.69 Å². The van der Waals surface area contributed by atoms with Crippen LogP contribution in [0.5, 0.6) is 11.5 Å². The Morgan fingerprint density at radius 2 is 2.00 bits per heavy atom. The number of morpholine rings is 1. The number of rotatable bonds is 6. The minimum absolute atomic E-state index is 0.174. The third-order valence-electron chi connectivity index (χ3n) is 5.38. The molecule has 0 saturated carbocycles. The Morgan fingerprint density at radius 3 is 2.80 bits per heavy atom. The van der Waals surface area contributed by atoms with Crippen LogP contribution >= 0.6 is 0 Å². The largest absolute Gasteiger partial charge is 0.454 e. The van der Waals surface area contributed by atoms with E-state index >= 15 is 0 Å². The normalized spacial score (nSPS) is 17.5. The van der Waals surface area contributed by atoms with Gasteiger partial charge >= 0.3 is 0 Å². The van der Waals surface area contributed by atoms with Gasteiger partial charge < -0.3 is 23.9 Å². The Morgan fingerprint density at radius 1 is 1.20 bits per heavy atom. The number of nitrogens with zero attached hydrogens (tertiary/aromatic N) is 5. The zero-order valence-corrected chi connectivity index (χ0v) is 16.5. The molecule has 0 unspecified atom stereocenters. The van der Waals surface area contributed by atoms with Crippen LogP contribution in [0, 0.1) is 0 Å². The van der Waals surface area contributed by atoms with Crippen molar-refractivity contribution in [3.8, 4) is 11.5 Å². The first-order chi connectivity index (χ1) is 14.7. The van der Waals surface area contributed by atoms with Gasteiger partial charge in [0.2, 0.25) is 6.79 Å². The number of ether oxygens (including phenoxy) is 4. The molecule has 1 saturated heterocycles. The summed E-state index contributed by atoms with van der Waals surface area (Å²) in [6.45, 7) is 3.63. The highest BCUT2D eigenvalue weighted by Gasteiger charge is 2.31. The van der Waals surface area contributed by atoms with E-state index in [9.17, 15) is 4.79 Å². The van der Waals surface area contributed by atoms with Crippen LogP contribution in [0.1, 0.15) is 17.4 Å². The summed E-state index contributed by atoms with van der Waals surface area (Å²) in [6.07, 6.45) is 0. The number of tetrazole rings is 1. The molecule has 1 atom stereocenters. The number of aromatic nitrogens is 5. The number of methoxy groups -OCH3 is 1. The van der Waals surface area contributed by atoms with Crippen LogP contribution in [0.25, 0.3) is 10.9 Å². The maximum Gasteiger partial charge on any atom is 0.253 e. The van der Waals surface area contributed by atoms with Gasteiger partial charge in [-0.2, -0.15) is 0 Å². The number of hydrogen-bond donors (Lipinski definition) is 1. The lowest BCUT2D eigenvalue weighted by atomic mass is 10.0. The van der Waals surface area contributed by atoms with Gasteiger partial charge in [0.05, 0.1) is 31.9 Å². The fourth-order valence-electron chi connectivity index (χ4n) is 3.90. The molecule has 0 bridgehead atoms. The summed E-state index contributed by atoms with van der Waals surface area (Å²) in [4.78, 5) is 18.3. The summed E-state index contributed by atoms with van der Waals surface area (Å²) >= 11 is 0. The van der Waals surface area contributed by atoms with Gasteiger partial charge in [-0.25, -0.2) is 4.68 Å². The number of benzene rings is 1.